The van der Waals surface area contributed by atoms with Gasteiger partial charge in [0.25, 0.3) is 0 Å². The van der Waals surface area contributed by atoms with Crippen LogP contribution >= 0.6 is 0 Å². The Balaban J connectivity index is 1.23. The van der Waals surface area contributed by atoms with Crippen LogP contribution in [-0.2, 0) is 0 Å². The summed E-state index contributed by atoms with van der Waals surface area (Å²) >= 11 is 0. The maximum Gasteiger partial charge on any atom is 0.0721 e. The van der Waals surface area contributed by atoms with Crippen molar-refractivity contribution in [3.63, 3.8) is 0 Å². The molecule has 0 aliphatic carbocycles. The van der Waals surface area contributed by atoms with Gasteiger partial charge in [0.05, 0.1) is 11.4 Å². The predicted octanol–water partition coefficient (Wildman–Crippen LogP) is 10.0. The molecule has 0 bridgehead atoms. The second-order valence-corrected chi connectivity index (χ2v) is 9.98. The Labute approximate surface area is 234 Å². The molecule has 0 saturated heterocycles. The third-order valence-electron chi connectivity index (χ3n) is 7.55. The third-order valence-corrected chi connectivity index (χ3v) is 7.55. The van der Waals surface area contributed by atoms with E-state index in [1.807, 2.05) is 12.1 Å². The lowest BCUT2D eigenvalue weighted by atomic mass is 9.96. The van der Waals surface area contributed by atoms with Crippen molar-refractivity contribution in [3.8, 4) is 57.1 Å². The van der Waals surface area contributed by atoms with E-state index in [2.05, 4.69) is 139 Å². The standard InChI is InChI=1S/C39H25N/c1-2-27-25-38(32-21-17-30(18-22-32)36-15-7-11-28-9-3-5-13-34(28)36)40-39(26-27)33-23-19-31(20-24-33)37-16-8-12-29-10-4-6-14-35(29)37/h1,3-26H. The molecule has 186 valence electrons. The number of hydrogen-bond donors (Lipinski definition) is 0. The molecule has 0 radical (unpaired) electrons. The molecular formula is C39H25N. The lowest BCUT2D eigenvalue weighted by Gasteiger charge is -2.11. The summed E-state index contributed by atoms with van der Waals surface area (Å²) in [5.74, 6) is 2.82. The van der Waals surface area contributed by atoms with Gasteiger partial charge < -0.3 is 0 Å². The van der Waals surface area contributed by atoms with Crippen molar-refractivity contribution in [2.75, 3.05) is 0 Å². The summed E-state index contributed by atoms with van der Waals surface area (Å²) < 4.78 is 0. The van der Waals surface area contributed by atoms with Gasteiger partial charge in [-0.25, -0.2) is 4.98 Å². The molecule has 1 aromatic heterocycles. The van der Waals surface area contributed by atoms with Gasteiger partial charge in [0.15, 0.2) is 0 Å². The normalized spacial score (nSPS) is 11.0. The van der Waals surface area contributed by atoms with Gasteiger partial charge in [-0.05, 0) is 55.9 Å². The van der Waals surface area contributed by atoms with Crippen LogP contribution in [-0.4, -0.2) is 4.98 Å². The average Bonchev–Trinajstić information content (AvgIpc) is 3.04. The third kappa shape index (κ3) is 4.33. The van der Waals surface area contributed by atoms with Gasteiger partial charge >= 0.3 is 0 Å². The Morgan fingerprint density at radius 2 is 0.825 bits per heavy atom. The number of fused-ring (bicyclic) bond motifs is 2. The fourth-order valence-electron chi connectivity index (χ4n) is 5.51. The molecule has 0 aliphatic heterocycles. The van der Waals surface area contributed by atoms with Crippen molar-refractivity contribution in [2.45, 2.75) is 0 Å². The Kier molecular flexibility index (Phi) is 5.93. The number of pyridine rings is 1. The Morgan fingerprint density at radius 3 is 1.27 bits per heavy atom. The highest BCUT2D eigenvalue weighted by Gasteiger charge is 2.10. The topological polar surface area (TPSA) is 12.9 Å². The van der Waals surface area contributed by atoms with E-state index >= 15 is 0 Å². The zero-order valence-corrected chi connectivity index (χ0v) is 21.9. The minimum absolute atomic E-state index is 0.816. The Morgan fingerprint density at radius 1 is 0.425 bits per heavy atom. The van der Waals surface area contributed by atoms with Gasteiger partial charge in [-0.2, -0.15) is 0 Å². The molecule has 0 unspecified atom stereocenters. The maximum absolute atomic E-state index is 5.87. The number of hydrogen-bond acceptors (Lipinski definition) is 1. The van der Waals surface area contributed by atoms with Gasteiger partial charge in [0.1, 0.15) is 0 Å². The molecule has 0 N–H and O–H groups in total. The molecule has 0 amide bonds. The summed E-state index contributed by atoms with van der Waals surface area (Å²) in [4.78, 5) is 5.03. The van der Waals surface area contributed by atoms with Gasteiger partial charge in [0, 0.05) is 16.7 Å². The molecule has 0 saturated carbocycles. The zero-order valence-electron chi connectivity index (χ0n) is 21.9. The number of rotatable bonds is 4. The van der Waals surface area contributed by atoms with Crippen LogP contribution in [0.15, 0.2) is 146 Å². The van der Waals surface area contributed by atoms with Gasteiger partial charge in [-0.3, -0.25) is 0 Å². The highest BCUT2D eigenvalue weighted by molar-refractivity contribution is 5.97. The average molecular weight is 508 g/mol. The van der Waals surface area contributed by atoms with Crippen molar-refractivity contribution >= 4 is 21.5 Å². The van der Waals surface area contributed by atoms with Crippen molar-refractivity contribution in [3.05, 3.63) is 151 Å². The molecule has 1 nitrogen and oxygen atoms in total. The molecule has 0 aliphatic rings. The minimum atomic E-state index is 0.816. The second-order valence-electron chi connectivity index (χ2n) is 9.98. The zero-order chi connectivity index (χ0) is 26.9. The maximum atomic E-state index is 5.87. The molecule has 1 heteroatoms. The van der Waals surface area contributed by atoms with E-state index in [1.165, 1.54) is 43.8 Å². The predicted molar refractivity (Wildman–Crippen MR) is 169 cm³/mol. The number of nitrogens with zero attached hydrogens (tertiary/aromatic N) is 1. The molecule has 0 atom stereocenters. The number of benzene rings is 6. The number of aromatic nitrogens is 1. The van der Waals surface area contributed by atoms with Crippen molar-refractivity contribution in [2.24, 2.45) is 0 Å². The molecule has 1 heterocycles. The van der Waals surface area contributed by atoms with E-state index in [1.54, 1.807) is 0 Å². The van der Waals surface area contributed by atoms with Gasteiger partial charge in [-0.15, -0.1) is 6.42 Å². The molecular weight excluding hydrogens is 482 g/mol. The first-order valence-electron chi connectivity index (χ1n) is 13.4. The van der Waals surface area contributed by atoms with E-state index in [0.717, 1.165) is 28.1 Å². The minimum Gasteiger partial charge on any atom is -0.248 e. The molecule has 0 fully saturated rings. The summed E-state index contributed by atoms with van der Waals surface area (Å²) in [6.07, 6.45) is 5.87. The summed E-state index contributed by atoms with van der Waals surface area (Å²) in [6, 6.07) is 51.0. The van der Waals surface area contributed by atoms with Crippen LogP contribution in [0, 0.1) is 12.3 Å². The van der Waals surface area contributed by atoms with Gasteiger partial charge in [-0.1, -0.05) is 139 Å². The van der Waals surface area contributed by atoms with Crippen LogP contribution in [0.5, 0.6) is 0 Å². The Bertz CT molecular complexity index is 1890. The van der Waals surface area contributed by atoms with Crippen molar-refractivity contribution in [1.82, 2.24) is 4.98 Å². The van der Waals surface area contributed by atoms with Crippen molar-refractivity contribution in [1.29, 1.82) is 0 Å². The van der Waals surface area contributed by atoms with E-state index < -0.39 is 0 Å². The van der Waals surface area contributed by atoms with Crippen LogP contribution in [0.3, 0.4) is 0 Å². The van der Waals surface area contributed by atoms with Crippen LogP contribution in [0.1, 0.15) is 5.56 Å². The summed E-state index contributed by atoms with van der Waals surface area (Å²) in [7, 11) is 0. The molecule has 7 rings (SSSR count). The summed E-state index contributed by atoms with van der Waals surface area (Å²) in [6.45, 7) is 0. The second kappa shape index (κ2) is 10.0. The monoisotopic (exact) mass is 507 g/mol. The van der Waals surface area contributed by atoms with Gasteiger partial charge in [0.2, 0.25) is 0 Å². The first kappa shape index (κ1) is 23.7. The molecule has 40 heavy (non-hydrogen) atoms. The molecule has 0 spiro atoms. The fraction of sp³-hybridized carbons (Fsp3) is 0. The van der Waals surface area contributed by atoms with E-state index in [4.69, 9.17) is 11.4 Å². The van der Waals surface area contributed by atoms with Crippen LogP contribution in [0.4, 0.5) is 0 Å². The van der Waals surface area contributed by atoms with Crippen LogP contribution in [0.2, 0.25) is 0 Å². The summed E-state index contributed by atoms with van der Waals surface area (Å²) in [5, 5.41) is 4.98. The Hall–Kier alpha value is -5.45. The first-order chi connectivity index (χ1) is 19.8. The smallest absolute Gasteiger partial charge is 0.0721 e. The van der Waals surface area contributed by atoms with E-state index in [-0.39, 0.29) is 0 Å². The number of terminal acetylenes is 1. The first-order valence-corrected chi connectivity index (χ1v) is 13.4. The SMILES string of the molecule is C#Cc1cc(-c2ccc(-c3cccc4ccccc34)cc2)nc(-c2ccc(-c3cccc4ccccc34)cc2)c1. The quantitative estimate of drug-likeness (QED) is 0.216. The fourth-order valence-corrected chi connectivity index (χ4v) is 5.51. The lowest BCUT2D eigenvalue weighted by molar-refractivity contribution is 1.31. The summed E-state index contributed by atoms with van der Waals surface area (Å²) in [5.41, 5.74) is 9.43. The lowest BCUT2D eigenvalue weighted by Crippen LogP contribution is -1.91. The van der Waals surface area contributed by atoms with Crippen molar-refractivity contribution < 1.29 is 0 Å². The molecule has 7 aromatic rings. The highest BCUT2D eigenvalue weighted by Crippen LogP contribution is 2.33. The van der Waals surface area contributed by atoms with E-state index in [0.29, 0.717) is 0 Å². The van der Waals surface area contributed by atoms with Crippen LogP contribution < -0.4 is 0 Å². The van der Waals surface area contributed by atoms with E-state index in [9.17, 15) is 0 Å². The molecule has 6 aromatic carbocycles. The highest BCUT2D eigenvalue weighted by atomic mass is 14.7. The van der Waals surface area contributed by atoms with Crippen LogP contribution in [0.25, 0.3) is 66.3 Å². The largest absolute Gasteiger partial charge is 0.248 e.